The van der Waals surface area contributed by atoms with Crippen molar-refractivity contribution in [2.45, 2.75) is 49.8 Å². The molecule has 0 aliphatic carbocycles. The molecule has 5 N–H and O–H groups in total. The van der Waals surface area contributed by atoms with Gasteiger partial charge in [-0.2, -0.15) is 0 Å². The highest BCUT2D eigenvalue weighted by molar-refractivity contribution is 5.91. The average Bonchev–Trinajstić information content (AvgIpc) is 2.63. The summed E-state index contributed by atoms with van der Waals surface area (Å²) in [6, 6.07) is 0. The molecule has 1 saturated heterocycles. The van der Waals surface area contributed by atoms with Gasteiger partial charge in [-0.25, -0.2) is 4.79 Å². The number of carbonyl (C=O) groups excluding carboxylic acids is 1. The highest BCUT2D eigenvalue weighted by Gasteiger charge is 2.45. The van der Waals surface area contributed by atoms with Gasteiger partial charge in [-0.3, -0.25) is 0 Å². The van der Waals surface area contributed by atoms with E-state index in [2.05, 4.69) is 0 Å². The van der Waals surface area contributed by atoms with E-state index in [9.17, 15) is 30.3 Å². The third-order valence-corrected chi connectivity index (χ3v) is 5.07. The van der Waals surface area contributed by atoms with Gasteiger partial charge >= 0.3 is 5.97 Å². The number of ether oxygens (including phenoxy) is 4. The van der Waals surface area contributed by atoms with Gasteiger partial charge in [0.05, 0.1) is 31.5 Å². The van der Waals surface area contributed by atoms with Crippen LogP contribution < -0.4 is 0 Å². The maximum absolute atomic E-state index is 11.9. The lowest BCUT2D eigenvalue weighted by atomic mass is 9.84. The van der Waals surface area contributed by atoms with E-state index in [1.54, 1.807) is 6.92 Å². The molecule has 8 unspecified atom stereocenters. The van der Waals surface area contributed by atoms with E-state index in [4.69, 9.17) is 18.9 Å². The largest absolute Gasteiger partial charge is 0.459 e. The van der Waals surface area contributed by atoms with Gasteiger partial charge in [0, 0.05) is 5.92 Å². The number of hydrogen-bond donors (Lipinski definition) is 5. The highest BCUT2D eigenvalue weighted by Crippen LogP contribution is 2.34. The first-order chi connectivity index (χ1) is 12.3. The zero-order valence-corrected chi connectivity index (χ0v) is 14.2. The van der Waals surface area contributed by atoms with E-state index in [-0.39, 0.29) is 31.5 Å². The Hall–Kier alpha value is -1.11. The Bertz CT molecular complexity index is 561. The lowest BCUT2D eigenvalue weighted by Crippen LogP contribution is -2.59. The van der Waals surface area contributed by atoms with Crippen molar-refractivity contribution < 1.29 is 49.3 Å². The molecular weight excluding hydrogens is 352 g/mol. The molecule has 10 heteroatoms. The SMILES string of the molecule is CC1OCC2=C(C(O)COC2=O)C1COC1OC(CO)C(O)C(O)C1O. The molecule has 0 bridgehead atoms. The van der Waals surface area contributed by atoms with E-state index in [0.29, 0.717) is 5.57 Å². The molecule has 8 atom stereocenters. The average molecular weight is 376 g/mol. The summed E-state index contributed by atoms with van der Waals surface area (Å²) in [7, 11) is 0. The molecule has 10 nitrogen and oxygen atoms in total. The molecule has 26 heavy (non-hydrogen) atoms. The molecule has 0 spiro atoms. The Morgan fingerprint density at radius 1 is 1.15 bits per heavy atom. The van der Waals surface area contributed by atoms with Crippen LogP contribution in [0.15, 0.2) is 11.1 Å². The second-order valence-corrected chi connectivity index (χ2v) is 6.70. The zero-order valence-electron chi connectivity index (χ0n) is 14.2. The highest BCUT2D eigenvalue weighted by atomic mass is 16.7. The number of esters is 1. The van der Waals surface area contributed by atoms with Crippen molar-refractivity contribution in [2.75, 3.05) is 26.4 Å². The lowest BCUT2D eigenvalue weighted by Gasteiger charge is -2.41. The molecule has 0 aromatic heterocycles. The number of cyclic esters (lactones) is 1. The van der Waals surface area contributed by atoms with Crippen molar-refractivity contribution in [3.63, 3.8) is 0 Å². The number of aliphatic hydroxyl groups excluding tert-OH is 5. The van der Waals surface area contributed by atoms with Gasteiger partial charge < -0.3 is 44.5 Å². The van der Waals surface area contributed by atoms with Crippen LogP contribution in [0.1, 0.15) is 6.92 Å². The monoisotopic (exact) mass is 376 g/mol. The number of carbonyl (C=O) groups is 1. The van der Waals surface area contributed by atoms with E-state index in [1.807, 2.05) is 0 Å². The summed E-state index contributed by atoms with van der Waals surface area (Å²) in [5.74, 6) is -1.04. The first-order valence-electron chi connectivity index (χ1n) is 8.47. The maximum atomic E-state index is 11.9. The van der Waals surface area contributed by atoms with E-state index in [0.717, 1.165) is 0 Å². The lowest BCUT2D eigenvalue weighted by molar-refractivity contribution is -0.304. The smallest absolute Gasteiger partial charge is 0.336 e. The van der Waals surface area contributed by atoms with Gasteiger partial charge in [-0.05, 0) is 12.5 Å². The Kier molecular flexibility index (Phi) is 5.94. The predicted octanol–water partition coefficient (Wildman–Crippen LogP) is -2.95. The fourth-order valence-corrected chi connectivity index (χ4v) is 3.48. The zero-order chi connectivity index (χ0) is 19.0. The third-order valence-electron chi connectivity index (χ3n) is 5.07. The van der Waals surface area contributed by atoms with Gasteiger partial charge in [0.1, 0.15) is 37.1 Å². The van der Waals surface area contributed by atoms with Crippen molar-refractivity contribution in [3.05, 3.63) is 11.1 Å². The fourth-order valence-electron chi connectivity index (χ4n) is 3.48. The van der Waals surface area contributed by atoms with Crippen LogP contribution in [-0.4, -0.2) is 101 Å². The minimum absolute atomic E-state index is 0.0307. The minimum atomic E-state index is -1.55. The van der Waals surface area contributed by atoms with Crippen molar-refractivity contribution in [1.82, 2.24) is 0 Å². The molecule has 3 heterocycles. The van der Waals surface area contributed by atoms with E-state index >= 15 is 0 Å². The summed E-state index contributed by atoms with van der Waals surface area (Å²) in [5.41, 5.74) is 0.730. The second-order valence-electron chi connectivity index (χ2n) is 6.70. The summed E-state index contributed by atoms with van der Waals surface area (Å²) < 4.78 is 21.3. The van der Waals surface area contributed by atoms with Gasteiger partial charge in [-0.1, -0.05) is 0 Å². The first kappa shape index (κ1) is 19.6. The Labute approximate surface area is 149 Å². The molecule has 3 rings (SSSR count). The fraction of sp³-hybridized carbons (Fsp3) is 0.812. The van der Waals surface area contributed by atoms with Gasteiger partial charge in [0.15, 0.2) is 6.29 Å². The topological polar surface area (TPSA) is 155 Å². The number of aliphatic hydroxyl groups is 5. The van der Waals surface area contributed by atoms with Crippen LogP contribution in [0.5, 0.6) is 0 Å². The van der Waals surface area contributed by atoms with Crippen LogP contribution in [0, 0.1) is 5.92 Å². The normalized spacial score (nSPS) is 43.8. The van der Waals surface area contributed by atoms with Crippen molar-refractivity contribution in [3.8, 4) is 0 Å². The standard InChI is InChI=1S/C16H24O10/c1-6-7(11-8(4-23-6)15(22)24-5-9(11)18)3-25-16-14(21)13(20)12(19)10(2-17)26-16/h6-7,9-10,12-14,16-21H,2-5H2,1H3. The van der Waals surface area contributed by atoms with Crippen LogP contribution in [0.4, 0.5) is 0 Å². The van der Waals surface area contributed by atoms with Crippen LogP contribution in [-0.2, 0) is 23.7 Å². The van der Waals surface area contributed by atoms with Crippen LogP contribution in [0.3, 0.4) is 0 Å². The molecule has 148 valence electrons. The summed E-state index contributed by atoms with van der Waals surface area (Å²) in [6.07, 6.45) is -8.27. The molecule has 1 fully saturated rings. The van der Waals surface area contributed by atoms with Crippen LogP contribution in [0.25, 0.3) is 0 Å². The van der Waals surface area contributed by atoms with E-state index in [1.165, 1.54) is 0 Å². The molecule has 3 aliphatic rings. The first-order valence-corrected chi connectivity index (χ1v) is 8.47. The Balaban J connectivity index is 1.73. The van der Waals surface area contributed by atoms with Gasteiger partial charge in [0.2, 0.25) is 0 Å². The molecule has 0 aromatic rings. The van der Waals surface area contributed by atoms with Crippen molar-refractivity contribution in [2.24, 2.45) is 5.92 Å². The van der Waals surface area contributed by atoms with Crippen molar-refractivity contribution in [1.29, 1.82) is 0 Å². The second kappa shape index (κ2) is 7.87. The molecule has 3 aliphatic heterocycles. The maximum Gasteiger partial charge on any atom is 0.336 e. The molecule has 0 saturated carbocycles. The van der Waals surface area contributed by atoms with Gasteiger partial charge in [-0.15, -0.1) is 0 Å². The molecular formula is C16H24O10. The summed E-state index contributed by atoms with van der Waals surface area (Å²) in [6.45, 7) is 1.00. The van der Waals surface area contributed by atoms with Crippen LogP contribution in [0.2, 0.25) is 0 Å². The summed E-state index contributed by atoms with van der Waals surface area (Å²) >= 11 is 0. The van der Waals surface area contributed by atoms with Crippen molar-refractivity contribution >= 4 is 5.97 Å². The summed E-state index contributed by atoms with van der Waals surface area (Å²) in [5, 5.41) is 49.1. The van der Waals surface area contributed by atoms with E-state index < -0.39 is 55.3 Å². The molecule has 0 amide bonds. The number of hydrogen-bond acceptors (Lipinski definition) is 10. The third kappa shape index (κ3) is 3.51. The quantitative estimate of drug-likeness (QED) is 0.322. The Morgan fingerprint density at radius 2 is 1.88 bits per heavy atom. The Morgan fingerprint density at radius 3 is 2.58 bits per heavy atom. The van der Waals surface area contributed by atoms with Crippen LogP contribution >= 0.6 is 0 Å². The molecule has 0 radical (unpaired) electrons. The van der Waals surface area contributed by atoms with Gasteiger partial charge in [0.25, 0.3) is 0 Å². The molecule has 0 aromatic carbocycles. The minimum Gasteiger partial charge on any atom is -0.459 e. The summed E-state index contributed by atoms with van der Waals surface area (Å²) in [4.78, 5) is 11.9. The predicted molar refractivity (Wildman–Crippen MR) is 82.6 cm³/mol. The number of rotatable bonds is 4.